The average molecular weight is 353 g/mol. The van der Waals surface area contributed by atoms with Crippen LogP contribution in [-0.4, -0.2) is 11.5 Å². The van der Waals surface area contributed by atoms with E-state index in [2.05, 4.69) is 40.1 Å². The molecule has 1 aromatic heterocycles. The highest BCUT2D eigenvalue weighted by molar-refractivity contribution is 9.10. The van der Waals surface area contributed by atoms with Crippen molar-refractivity contribution in [1.82, 2.24) is 10.3 Å². The van der Waals surface area contributed by atoms with Crippen molar-refractivity contribution in [3.05, 3.63) is 52.4 Å². The minimum absolute atomic E-state index is 0.160. The van der Waals surface area contributed by atoms with Crippen molar-refractivity contribution < 1.29 is 9.13 Å². The van der Waals surface area contributed by atoms with Gasteiger partial charge in [0, 0.05) is 22.8 Å². The summed E-state index contributed by atoms with van der Waals surface area (Å²) in [7, 11) is 0. The fourth-order valence-electron chi connectivity index (χ4n) is 1.81. The van der Waals surface area contributed by atoms with E-state index < -0.39 is 5.82 Å². The van der Waals surface area contributed by atoms with Crippen molar-refractivity contribution in [1.29, 1.82) is 0 Å². The number of nitrogens with zero attached hydrogens (tertiary/aromatic N) is 1. The molecule has 0 saturated carbocycles. The summed E-state index contributed by atoms with van der Waals surface area (Å²) in [4.78, 5) is 4.20. The summed E-state index contributed by atoms with van der Waals surface area (Å²) in [6, 6.07) is 8.35. The molecule has 0 atom stereocenters. The SMILES string of the molecule is CC(C)CNCc1cccnc1Oc1cc(Br)ccc1F. The standard InChI is InChI=1S/C16H18BrFN2O/c1-11(2)9-19-10-12-4-3-7-20-16(12)21-15-8-13(17)5-6-14(15)18/h3-8,11,19H,9-10H2,1-2H3. The van der Waals surface area contributed by atoms with Crippen LogP contribution in [0.2, 0.25) is 0 Å². The van der Waals surface area contributed by atoms with Crippen molar-refractivity contribution >= 4 is 15.9 Å². The van der Waals surface area contributed by atoms with Crippen LogP contribution in [0.3, 0.4) is 0 Å². The van der Waals surface area contributed by atoms with Gasteiger partial charge >= 0.3 is 0 Å². The lowest BCUT2D eigenvalue weighted by Crippen LogP contribution is -2.19. The summed E-state index contributed by atoms with van der Waals surface area (Å²) in [5.41, 5.74) is 0.900. The third-order valence-corrected chi connectivity index (χ3v) is 3.31. The average Bonchev–Trinajstić information content (AvgIpc) is 2.44. The lowest BCUT2D eigenvalue weighted by Gasteiger charge is -2.12. The van der Waals surface area contributed by atoms with Gasteiger partial charge in [-0.25, -0.2) is 9.37 Å². The Hall–Kier alpha value is -1.46. The molecule has 5 heteroatoms. The van der Waals surface area contributed by atoms with Crippen LogP contribution >= 0.6 is 15.9 Å². The molecule has 0 aliphatic carbocycles. The maximum absolute atomic E-state index is 13.8. The third-order valence-electron chi connectivity index (χ3n) is 2.82. The van der Waals surface area contributed by atoms with Crippen molar-refractivity contribution in [3.63, 3.8) is 0 Å². The number of hydrogen-bond acceptors (Lipinski definition) is 3. The first-order valence-electron chi connectivity index (χ1n) is 6.84. The number of hydrogen-bond donors (Lipinski definition) is 1. The molecule has 1 aromatic carbocycles. The van der Waals surface area contributed by atoms with Crippen molar-refractivity contribution in [2.75, 3.05) is 6.54 Å². The van der Waals surface area contributed by atoms with E-state index in [0.717, 1.165) is 16.6 Å². The molecular weight excluding hydrogens is 335 g/mol. The van der Waals surface area contributed by atoms with Crippen LogP contribution in [0.15, 0.2) is 41.0 Å². The molecule has 2 rings (SSSR count). The molecular formula is C16H18BrFN2O. The first kappa shape index (κ1) is 15.9. The molecule has 3 nitrogen and oxygen atoms in total. The topological polar surface area (TPSA) is 34.2 Å². The Morgan fingerprint density at radius 1 is 1.33 bits per heavy atom. The number of nitrogens with one attached hydrogen (secondary N) is 1. The molecule has 0 amide bonds. The van der Waals surface area contributed by atoms with Gasteiger partial charge in [-0.2, -0.15) is 0 Å². The molecule has 0 spiro atoms. The molecule has 0 radical (unpaired) electrons. The summed E-state index contributed by atoms with van der Waals surface area (Å²) < 4.78 is 20.1. The maximum atomic E-state index is 13.8. The van der Waals surface area contributed by atoms with Crippen LogP contribution in [0.4, 0.5) is 4.39 Å². The molecule has 21 heavy (non-hydrogen) atoms. The van der Waals surface area contributed by atoms with E-state index in [1.165, 1.54) is 6.07 Å². The van der Waals surface area contributed by atoms with Gasteiger partial charge in [0.2, 0.25) is 5.88 Å². The highest BCUT2D eigenvalue weighted by atomic mass is 79.9. The minimum Gasteiger partial charge on any atom is -0.436 e. The smallest absolute Gasteiger partial charge is 0.223 e. The van der Waals surface area contributed by atoms with E-state index >= 15 is 0 Å². The highest BCUT2D eigenvalue weighted by Gasteiger charge is 2.10. The largest absolute Gasteiger partial charge is 0.436 e. The number of rotatable bonds is 6. The Labute approximate surface area is 132 Å². The van der Waals surface area contributed by atoms with Gasteiger partial charge in [0.15, 0.2) is 11.6 Å². The summed E-state index contributed by atoms with van der Waals surface area (Å²) in [6.07, 6.45) is 1.64. The Kier molecular flexibility index (Phi) is 5.70. The van der Waals surface area contributed by atoms with Crippen LogP contribution in [-0.2, 0) is 6.54 Å². The van der Waals surface area contributed by atoms with E-state index in [4.69, 9.17) is 4.74 Å². The fourth-order valence-corrected chi connectivity index (χ4v) is 2.15. The van der Waals surface area contributed by atoms with Gasteiger partial charge in [0.1, 0.15) is 0 Å². The van der Waals surface area contributed by atoms with Gasteiger partial charge < -0.3 is 10.1 Å². The molecule has 0 fully saturated rings. The minimum atomic E-state index is -0.412. The summed E-state index contributed by atoms with van der Waals surface area (Å²) in [6.45, 7) is 5.83. The molecule has 0 aliphatic heterocycles. The number of halogens is 2. The zero-order valence-electron chi connectivity index (χ0n) is 12.1. The van der Waals surface area contributed by atoms with Crippen LogP contribution in [0, 0.1) is 11.7 Å². The Morgan fingerprint density at radius 2 is 2.14 bits per heavy atom. The predicted molar refractivity (Wildman–Crippen MR) is 85.0 cm³/mol. The molecule has 112 valence electrons. The monoisotopic (exact) mass is 352 g/mol. The third kappa shape index (κ3) is 4.79. The zero-order chi connectivity index (χ0) is 15.2. The van der Waals surface area contributed by atoms with Gasteiger partial charge in [-0.3, -0.25) is 0 Å². The van der Waals surface area contributed by atoms with Gasteiger partial charge in [0.25, 0.3) is 0 Å². The van der Waals surface area contributed by atoms with Crippen LogP contribution in [0.5, 0.6) is 11.6 Å². The molecule has 2 aromatic rings. The van der Waals surface area contributed by atoms with Gasteiger partial charge in [0.05, 0.1) is 0 Å². The molecule has 0 aliphatic rings. The summed E-state index contributed by atoms with van der Waals surface area (Å²) >= 11 is 3.31. The second-order valence-electron chi connectivity index (χ2n) is 5.17. The van der Waals surface area contributed by atoms with Crippen LogP contribution in [0.1, 0.15) is 19.4 Å². The molecule has 0 bridgehead atoms. The fraction of sp³-hybridized carbons (Fsp3) is 0.312. The number of pyridine rings is 1. The zero-order valence-corrected chi connectivity index (χ0v) is 13.7. The molecule has 1 heterocycles. The Bertz CT molecular complexity index is 605. The Morgan fingerprint density at radius 3 is 2.90 bits per heavy atom. The number of benzene rings is 1. The van der Waals surface area contributed by atoms with Gasteiger partial charge in [-0.15, -0.1) is 0 Å². The van der Waals surface area contributed by atoms with Crippen LogP contribution < -0.4 is 10.1 Å². The maximum Gasteiger partial charge on any atom is 0.223 e. The quantitative estimate of drug-likeness (QED) is 0.829. The van der Waals surface area contributed by atoms with E-state index in [1.54, 1.807) is 18.3 Å². The second-order valence-corrected chi connectivity index (χ2v) is 6.08. The first-order valence-corrected chi connectivity index (χ1v) is 7.63. The van der Waals surface area contributed by atoms with E-state index in [0.29, 0.717) is 18.3 Å². The molecule has 0 saturated heterocycles. The van der Waals surface area contributed by atoms with Crippen LogP contribution in [0.25, 0.3) is 0 Å². The lowest BCUT2D eigenvalue weighted by molar-refractivity contribution is 0.419. The van der Waals surface area contributed by atoms with Gasteiger partial charge in [-0.05, 0) is 36.7 Å². The molecule has 0 unspecified atom stereocenters. The van der Waals surface area contributed by atoms with Crippen molar-refractivity contribution in [3.8, 4) is 11.6 Å². The molecule has 1 N–H and O–H groups in total. The van der Waals surface area contributed by atoms with E-state index in [-0.39, 0.29) is 5.75 Å². The normalized spacial score (nSPS) is 10.9. The summed E-state index contributed by atoms with van der Waals surface area (Å²) in [5, 5.41) is 3.33. The first-order chi connectivity index (χ1) is 10.1. The van der Waals surface area contributed by atoms with E-state index in [9.17, 15) is 4.39 Å². The highest BCUT2D eigenvalue weighted by Crippen LogP contribution is 2.28. The lowest BCUT2D eigenvalue weighted by atomic mass is 10.2. The predicted octanol–water partition coefficient (Wildman–Crippen LogP) is 4.52. The summed E-state index contributed by atoms with van der Waals surface area (Å²) in [5.74, 6) is 0.734. The van der Waals surface area contributed by atoms with Gasteiger partial charge in [-0.1, -0.05) is 35.8 Å². The van der Waals surface area contributed by atoms with E-state index in [1.807, 2.05) is 12.1 Å². The van der Waals surface area contributed by atoms with Crippen molar-refractivity contribution in [2.45, 2.75) is 20.4 Å². The van der Waals surface area contributed by atoms with Crippen molar-refractivity contribution in [2.24, 2.45) is 5.92 Å². The number of aromatic nitrogens is 1. The number of ether oxygens (including phenoxy) is 1. The Balaban J connectivity index is 2.14. The second kappa shape index (κ2) is 7.52.